The Hall–Kier alpha value is -2.42. The van der Waals surface area contributed by atoms with Crippen molar-refractivity contribution in [3.8, 4) is 0 Å². The summed E-state index contributed by atoms with van der Waals surface area (Å²) in [5.41, 5.74) is 3.37. The first kappa shape index (κ1) is 24.8. The highest BCUT2D eigenvalue weighted by atomic mass is 127. The standard InChI is InChI=1S/C24H30FN5.HI/c1-3-26-24(28-13-11-21-9-10-22(25)17-19(21)2)29-14-12-23-27-15-16-30(23)18-20-7-5-4-6-8-20;/h4-10,15-17H,3,11-14,18H2,1-2H3,(H2,26,28,29);1H. The maximum Gasteiger partial charge on any atom is 0.191 e. The monoisotopic (exact) mass is 535 g/mol. The minimum Gasteiger partial charge on any atom is -0.357 e. The summed E-state index contributed by atoms with van der Waals surface area (Å²) in [4.78, 5) is 9.18. The van der Waals surface area contributed by atoms with Crippen LogP contribution < -0.4 is 10.6 Å². The number of nitrogens with zero attached hydrogens (tertiary/aromatic N) is 3. The maximum atomic E-state index is 13.3. The van der Waals surface area contributed by atoms with Crippen LogP contribution in [0.3, 0.4) is 0 Å². The van der Waals surface area contributed by atoms with Crippen molar-refractivity contribution in [2.75, 3.05) is 19.6 Å². The number of hydrogen-bond donors (Lipinski definition) is 2. The van der Waals surface area contributed by atoms with Crippen molar-refractivity contribution in [1.29, 1.82) is 0 Å². The Morgan fingerprint density at radius 3 is 2.65 bits per heavy atom. The van der Waals surface area contributed by atoms with Gasteiger partial charge in [-0.15, -0.1) is 24.0 Å². The molecular formula is C24H31FIN5. The van der Waals surface area contributed by atoms with E-state index in [1.807, 2.05) is 38.4 Å². The molecule has 3 aromatic rings. The van der Waals surface area contributed by atoms with Crippen LogP contribution in [0.25, 0.3) is 0 Å². The van der Waals surface area contributed by atoms with Crippen LogP contribution in [-0.2, 0) is 19.4 Å². The zero-order valence-electron chi connectivity index (χ0n) is 18.1. The first-order valence-corrected chi connectivity index (χ1v) is 10.5. The number of aryl methyl sites for hydroxylation is 1. The van der Waals surface area contributed by atoms with Crippen molar-refractivity contribution in [2.45, 2.75) is 33.2 Å². The summed E-state index contributed by atoms with van der Waals surface area (Å²) >= 11 is 0. The average Bonchev–Trinajstić information content (AvgIpc) is 3.17. The summed E-state index contributed by atoms with van der Waals surface area (Å²) < 4.78 is 15.4. The third-order valence-corrected chi connectivity index (χ3v) is 4.94. The molecule has 0 saturated heterocycles. The summed E-state index contributed by atoms with van der Waals surface area (Å²) in [5, 5.41) is 6.64. The first-order valence-electron chi connectivity index (χ1n) is 10.5. The van der Waals surface area contributed by atoms with Gasteiger partial charge in [-0.3, -0.25) is 4.99 Å². The molecule has 1 aromatic heterocycles. The summed E-state index contributed by atoms with van der Waals surface area (Å²) in [6, 6.07) is 15.3. The van der Waals surface area contributed by atoms with Crippen LogP contribution in [0.5, 0.6) is 0 Å². The molecule has 0 atom stereocenters. The number of hydrogen-bond acceptors (Lipinski definition) is 2. The van der Waals surface area contributed by atoms with Crippen LogP contribution in [0, 0.1) is 12.7 Å². The van der Waals surface area contributed by atoms with Gasteiger partial charge >= 0.3 is 0 Å². The van der Waals surface area contributed by atoms with E-state index in [-0.39, 0.29) is 29.8 Å². The molecule has 0 spiro atoms. The number of nitrogens with one attached hydrogen (secondary N) is 2. The smallest absolute Gasteiger partial charge is 0.191 e. The molecule has 3 rings (SSSR count). The highest BCUT2D eigenvalue weighted by Crippen LogP contribution is 2.10. The number of aliphatic imine (C=N–C) groups is 1. The van der Waals surface area contributed by atoms with Crippen LogP contribution in [-0.4, -0.2) is 35.1 Å². The van der Waals surface area contributed by atoms with E-state index in [2.05, 4.69) is 49.4 Å². The van der Waals surface area contributed by atoms with E-state index in [0.717, 1.165) is 55.4 Å². The fraction of sp³-hybridized carbons (Fsp3) is 0.333. The summed E-state index contributed by atoms with van der Waals surface area (Å²) in [6.07, 6.45) is 5.45. The molecule has 0 aliphatic carbocycles. The molecule has 1 heterocycles. The Bertz CT molecular complexity index is 956. The van der Waals surface area contributed by atoms with Crippen molar-refractivity contribution in [2.24, 2.45) is 4.99 Å². The number of imidazole rings is 1. The Morgan fingerprint density at radius 1 is 1.10 bits per heavy atom. The SMILES string of the molecule is CCNC(=NCCc1nccn1Cc1ccccc1)NCCc1ccc(F)cc1C.I. The van der Waals surface area contributed by atoms with Gasteiger partial charge in [0.05, 0.1) is 0 Å². The van der Waals surface area contributed by atoms with Gasteiger partial charge < -0.3 is 15.2 Å². The second kappa shape index (κ2) is 13.1. The molecule has 0 unspecified atom stereocenters. The van der Waals surface area contributed by atoms with Gasteiger partial charge in [0.25, 0.3) is 0 Å². The largest absolute Gasteiger partial charge is 0.357 e. The second-order valence-electron chi connectivity index (χ2n) is 7.22. The number of halogens is 2. The Balaban J connectivity index is 0.00000341. The minimum atomic E-state index is -0.190. The minimum absolute atomic E-state index is 0. The van der Waals surface area contributed by atoms with Gasteiger partial charge in [0.1, 0.15) is 11.6 Å². The predicted octanol–water partition coefficient (Wildman–Crippen LogP) is 4.34. The van der Waals surface area contributed by atoms with Gasteiger partial charge in [-0.05, 0) is 49.1 Å². The number of aromatic nitrogens is 2. The van der Waals surface area contributed by atoms with Crippen LogP contribution in [0.2, 0.25) is 0 Å². The van der Waals surface area contributed by atoms with Gasteiger partial charge in [0.15, 0.2) is 5.96 Å². The topological polar surface area (TPSA) is 54.2 Å². The van der Waals surface area contributed by atoms with Crippen LogP contribution >= 0.6 is 24.0 Å². The summed E-state index contributed by atoms with van der Waals surface area (Å²) in [6.45, 7) is 6.99. The Morgan fingerprint density at radius 2 is 1.90 bits per heavy atom. The van der Waals surface area contributed by atoms with Gasteiger partial charge in [0, 0.05) is 45.0 Å². The molecule has 166 valence electrons. The Kier molecular flexibility index (Phi) is 10.5. The molecule has 0 aliphatic rings. The lowest BCUT2D eigenvalue weighted by Gasteiger charge is -2.12. The lowest BCUT2D eigenvalue weighted by molar-refractivity contribution is 0.625. The van der Waals surface area contributed by atoms with E-state index in [1.165, 1.54) is 11.6 Å². The molecule has 0 aliphatic heterocycles. The van der Waals surface area contributed by atoms with Gasteiger partial charge in [-0.25, -0.2) is 9.37 Å². The highest BCUT2D eigenvalue weighted by Gasteiger charge is 2.05. The summed E-state index contributed by atoms with van der Waals surface area (Å²) in [7, 11) is 0. The Labute approximate surface area is 201 Å². The van der Waals surface area contributed by atoms with E-state index < -0.39 is 0 Å². The molecule has 0 saturated carbocycles. The van der Waals surface area contributed by atoms with Crippen molar-refractivity contribution in [1.82, 2.24) is 20.2 Å². The van der Waals surface area contributed by atoms with Crippen LogP contribution in [0.15, 0.2) is 65.9 Å². The second-order valence-corrected chi connectivity index (χ2v) is 7.22. The van der Waals surface area contributed by atoms with Gasteiger partial charge in [-0.2, -0.15) is 0 Å². The van der Waals surface area contributed by atoms with Gasteiger partial charge in [0.2, 0.25) is 0 Å². The fourth-order valence-electron chi connectivity index (χ4n) is 3.36. The molecule has 0 radical (unpaired) electrons. The quantitative estimate of drug-likeness (QED) is 0.244. The van der Waals surface area contributed by atoms with E-state index in [0.29, 0.717) is 6.54 Å². The van der Waals surface area contributed by atoms with Gasteiger partial charge in [-0.1, -0.05) is 36.4 Å². The molecule has 31 heavy (non-hydrogen) atoms. The number of rotatable bonds is 9. The molecule has 7 heteroatoms. The molecule has 0 fully saturated rings. The van der Waals surface area contributed by atoms with E-state index in [9.17, 15) is 4.39 Å². The van der Waals surface area contributed by atoms with E-state index in [1.54, 1.807) is 6.07 Å². The third kappa shape index (κ3) is 7.97. The lowest BCUT2D eigenvalue weighted by Crippen LogP contribution is -2.38. The molecule has 2 aromatic carbocycles. The zero-order chi connectivity index (χ0) is 21.2. The highest BCUT2D eigenvalue weighted by molar-refractivity contribution is 14.0. The fourth-order valence-corrected chi connectivity index (χ4v) is 3.36. The first-order chi connectivity index (χ1) is 14.7. The van der Waals surface area contributed by atoms with Crippen molar-refractivity contribution >= 4 is 29.9 Å². The van der Waals surface area contributed by atoms with E-state index >= 15 is 0 Å². The average molecular weight is 535 g/mol. The van der Waals surface area contributed by atoms with Crippen molar-refractivity contribution in [3.05, 3.63) is 89.3 Å². The van der Waals surface area contributed by atoms with Crippen LogP contribution in [0.1, 0.15) is 29.4 Å². The molecule has 0 amide bonds. The molecular weight excluding hydrogens is 504 g/mol. The van der Waals surface area contributed by atoms with Crippen LogP contribution in [0.4, 0.5) is 4.39 Å². The maximum absolute atomic E-state index is 13.3. The van der Waals surface area contributed by atoms with Crippen molar-refractivity contribution in [3.63, 3.8) is 0 Å². The predicted molar refractivity (Wildman–Crippen MR) is 136 cm³/mol. The van der Waals surface area contributed by atoms with E-state index in [4.69, 9.17) is 0 Å². The third-order valence-electron chi connectivity index (χ3n) is 4.94. The normalized spacial score (nSPS) is 11.1. The molecule has 0 bridgehead atoms. The lowest BCUT2D eigenvalue weighted by atomic mass is 10.1. The van der Waals surface area contributed by atoms with Crippen molar-refractivity contribution < 1.29 is 4.39 Å². The molecule has 5 nitrogen and oxygen atoms in total. The summed E-state index contributed by atoms with van der Waals surface area (Å²) in [5.74, 6) is 1.63. The molecule has 2 N–H and O–H groups in total. The number of guanidine groups is 1. The number of benzene rings is 2. The zero-order valence-corrected chi connectivity index (χ0v) is 20.5.